The lowest BCUT2D eigenvalue weighted by Crippen LogP contribution is -1.98. The maximum Gasteiger partial charge on any atom is 0.123 e. The molecule has 0 saturated heterocycles. The van der Waals surface area contributed by atoms with Gasteiger partial charge in [0.2, 0.25) is 0 Å². The largest absolute Gasteiger partial charge is 0.265 e. The van der Waals surface area contributed by atoms with Crippen LogP contribution < -0.4 is 0 Å². The SMILES string of the molecule is C=Cc1c(-c2c(-c3ccc(F)cc3)nn3c2CC2CC23)cc(C)nc1C. The lowest BCUT2D eigenvalue weighted by atomic mass is 9.93. The van der Waals surface area contributed by atoms with Gasteiger partial charge >= 0.3 is 0 Å². The molecule has 0 radical (unpaired) electrons. The van der Waals surface area contributed by atoms with Crippen molar-refractivity contribution < 1.29 is 4.39 Å². The molecule has 0 N–H and O–H groups in total. The van der Waals surface area contributed by atoms with E-state index in [2.05, 4.69) is 22.3 Å². The summed E-state index contributed by atoms with van der Waals surface area (Å²) in [4.78, 5) is 4.60. The number of hydrogen-bond donors (Lipinski definition) is 0. The topological polar surface area (TPSA) is 30.7 Å². The number of benzene rings is 1. The first-order valence-corrected chi connectivity index (χ1v) is 9.05. The van der Waals surface area contributed by atoms with Gasteiger partial charge in [0.25, 0.3) is 0 Å². The number of aromatic nitrogens is 3. The van der Waals surface area contributed by atoms with E-state index in [1.165, 1.54) is 24.2 Å². The highest BCUT2D eigenvalue weighted by Gasteiger charge is 2.48. The molecule has 1 aliphatic heterocycles. The Hall–Kier alpha value is -2.75. The van der Waals surface area contributed by atoms with Crippen LogP contribution in [0.5, 0.6) is 0 Å². The number of rotatable bonds is 3. The molecular weight excluding hydrogens is 325 g/mol. The third-order valence-corrected chi connectivity index (χ3v) is 5.63. The summed E-state index contributed by atoms with van der Waals surface area (Å²) in [5, 5.41) is 4.96. The standard InChI is InChI=1S/C22H20FN3/c1-4-17-13(3)24-12(2)9-18(17)21-20-11-15-10-19(15)26(20)25-22(21)14-5-7-16(23)8-6-14/h4-9,15,19H,1,10-11H2,2-3H3. The molecule has 1 aliphatic carbocycles. The van der Waals surface area contributed by atoms with E-state index < -0.39 is 0 Å². The minimum atomic E-state index is -0.230. The summed E-state index contributed by atoms with van der Waals surface area (Å²) in [5.74, 6) is 0.501. The summed E-state index contributed by atoms with van der Waals surface area (Å²) in [6, 6.07) is 9.29. The second kappa shape index (κ2) is 5.37. The van der Waals surface area contributed by atoms with Crippen LogP contribution in [0.25, 0.3) is 28.5 Å². The highest BCUT2D eigenvalue weighted by molar-refractivity contribution is 5.88. The smallest absolute Gasteiger partial charge is 0.123 e. The maximum atomic E-state index is 13.4. The molecule has 4 heteroatoms. The van der Waals surface area contributed by atoms with Crippen LogP contribution in [0, 0.1) is 25.6 Å². The van der Waals surface area contributed by atoms with E-state index in [9.17, 15) is 4.39 Å². The molecule has 130 valence electrons. The molecule has 26 heavy (non-hydrogen) atoms. The zero-order valence-corrected chi connectivity index (χ0v) is 15.0. The van der Waals surface area contributed by atoms with Gasteiger partial charge in [-0.05, 0) is 68.5 Å². The Bertz CT molecular complexity index is 1050. The van der Waals surface area contributed by atoms with Crippen LogP contribution in [-0.4, -0.2) is 14.8 Å². The van der Waals surface area contributed by atoms with Crippen molar-refractivity contribution in [3.8, 4) is 22.4 Å². The van der Waals surface area contributed by atoms with Gasteiger partial charge in [-0.25, -0.2) is 4.39 Å². The number of nitrogens with zero attached hydrogens (tertiary/aromatic N) is 3. The van der Waals surface area contributed by atoms with Crippen molar-refractivity contribution in [3.05, 3.63) is 65.4 Å². The molecule has 5 rings (SSSR count). The highest BCUT2D eigenvalue weighted by atomic mass is 19.1. The number of fused-ring (bicyclic) bond motifs is 3. The lowest BCUT2D eigenvalue weighted by molar-refractivity contribution is 0.627. The monoisotopic (exact) mass is 345 g/mol. The molecule has 1 fully saturated rings. The maximum absolute atomic E-state index is 13.4. The van der Waals surface area contributed by atoms with Gasteiger partial charge in [-0.2, -0.15) is 5.10 Å². The summed E-state index contributed by atoms with van der Waals surface area (Å²) in [5.41, 5.74) is 8.47. The molecule has 3 nitrogen and oxygen atoms in total. The minimum Gasteiger partial charge on any atom is -0.265 e. The van der Waals surface area contributed by atoms with Crippen LogP contribution in [0.3, 0.4) is 0 Å². The van der Waals surface area contributed by atoms with Crippen molar-refractivity contribution in [2.24, 2.45) is 5.92 Å². The Balaban J connectivity index is 1.80. The van der Waals surface area contributed by atoms with E-state index in [0.29, 0.717) is 6.04 Å². The molecule has 0 amide bonds. The van der Waals surface area contributed by atoms with Crippen molar-refractivity contribution in [2.75, 3.05) is 0 Å². The average molecular weight is 345 g/mol. The van der Waals surface area contributed by atoms with Gasteiger partial charge in [0.15, 0.2) is 0 Å². The van der Waals surface area contributed by atoms with E-state index in [1.807, 2.05) is 32.1 Å². The molecule has 1 aromatic carbocycles. The first kappa shape index (κ1) is 15.5. The van der Waals surface area contributed by atoms with Gasteiger partial charge < -0.3 is 0 Å². The van der Waals surface area contributed by atoms with Gasteiger partial charge in [-0.1, -0.05) is 12.7 Å². The highest BCUT2D eigenvalue weighted by Crippen LogP contribution is 2.55. The molecule has 2 unspecified atom stereocenters. The van der Waals surface area contributed by atoms with E-state index in [-0.39, 0.29) is 5.82 Å². The minimum absolute atomic E-state index is 0.230. The number of halogens is 1. The summed E-state index contributed by atoms with van der Waals surface area (Å²) in [7, 11) is 0. The summed E-state index contributed by atoms with van der Waals surface area (Å²) in [6.07, 6.45) is 4.16. The summed E-state index contributed by atoms with van der Waals surface area (Å²) >= 11 is 0. The normalized spacial score (nSPS) is 20.0. The molecule has 3 aromatic rings. The van der Waals surface area contributed by atoms with E-state index in [4.69, 9.17) is 5.10 Å². The van der Waals surface area contributed by atoms with Crippen LogP contribution in [0.15, 0.2) is 36.9 Å². The molecular formula is C22H20FN3. The van der Waals surface area contributed by atoms with E-state index in [0.717, 1.165) is 51.7 Å². The quantitative estimate of drug-likeness (QED) is 0.659. The number of aryl methyl sites for hydroxylation is 2. The van der Waals surface area contributed by atoms with Gasteiger partial charge in [-0.15, -0.1) is 0 Å². The lowest BCUT2D eigenvalue weighted by Gasteiger charge is -2.13. The van der Waals surface area contributed by atoms with Crippen LogP contribution in [0.1, 0.15) is 35.1 Å². The van der Waals surface area contributed by atoms with Crippen LogP contribution in [0.4, 0.5) is 4.39 Å². The molecule has 3 heterocycles. The van der Waals surface area contributed by atoms with Gasteiger partial charge in [0.05, 0.1) is 6.04 Å². The third-order valence-electron chi connectivity index (χ3n) is 5.63. The predicted molar refractivity (Wildman–Crippen MR) is 101 cm³/mol. The Morgan fingerprint density at radius 1 is 1.23 bits per heavy atom. The van der Waals surface area contributed by atoms with E-state index >= 15 is 0 Å². The number of hydrogen-bond acceptors (Lipinski definition) is 2. The van der Waals surface area contributed by atoms with E-state index in [1.54, 1.807) is 0 Å². The third kappa shape index (κ3) is 2.18. The van der Waals surface area contributed by atoms with Crippen molar-refractivity contribution in [3.63, 3.8) is 0 Å². The molecule has 0 bridgehead atoms. The molecule has 0 spiro atoms. The van der Waals surface area contributed by atoms with Gasteiger partial charge in [0, 0.05) is 33.8 Å². The van der Waals surface area contributed by atoms with Crippen molar-refractivity contribution in [2.45, 2.75) is 32.7 Å². The Morgan fingerprint density at radius 2 is 2.00 bits per heavy atom. The zero-order valence-electron chi connectivity index (χ0n) is 15.0. The molecule has 1 saturated carbocycles. The Kier molecular flexibility index (Phi) is 3.20. The molecule has 2 aromatic heterocycles. The van der Waals surface area contributed by atoms with Crippen LogP contribution in [-0.2, 0) is 6.42 Å². The average Bonchev–Trinajstić information content (AvgIpc) is 3.13. The first-order valence-electron chi connectivity index (χ1n) is 9.05. The summed E-state index contributed by atoms with van der Waals surface area (Å²) in [6.45, 7) is 8.04. The molecule has 2 aliphatic rings. The Labute approximate surface area is 152 Å². The molecule has 2 atom stereocenters. The van der Waals surface area contributed by atoms with Gasteiger partial charge in [0.1, 0.15) is 11.5 Å². The van der Waals surface area contributed by atoms with Crippen molar-refractivity contribution in [1.29, 1.82) is 0 Å². The Morgan fingerprint density at radius 3 is 2.73 bits per heavy atom. The zero-order chi connectivity index (χ0) is 18.0. The van der Waals surface area contributed by atoms with Gasteiger partial charge in [-0.3, -0.25) is 9.67 Å². The fourth-order valence-electron chi connectivity index (χ4n) is 4.33. The summed E-state index contributed by atoms with van der Waals surface area (Å²) < 4.78 is 15.6. The predicted octanol–water partition coefficient (Wildman–Crippen LogP) is 5.13. The van der Waals surface area contributed by atoms with Crippen LogP contribution >= 0.6 is 0 Å². The fraction of sp³-hybridized carbons (Fsp3) is 0.273. The second-order valence-corrected chi connectivity index (χ2v) is 7.40. The van der Waals surface area contributed by atoms with Crippen LogP contribution in [0.2, 0.25) is 0 Å². The van der Waals surface area contributed by atoms with Crippen molar-refractivity contribution >= 4 is 6.08 Å². The fourth-order valence-corrected chi connectivity index (χ4v) is 4.33. The number of pyridine rings is 1. The van der Waals surface area contributed by atoms with Crippen molar-refractivity contribution in [1.82, 2.24) is 14.8 Å². The first-order chi connectivity index (χ1) is 12.6. The second-order valence-electron chi connectivity index (χ2n) is 7.40.